The molecular weight excluding hydrogens is 246 g/mol. The molecule has 2 nitrogen and oxygen atoms in total. The fourth-order valence-electron chi connectivity index (χ4n) is 2.46. The first-order valence-corrected chi connectivity index (χ1v) is 7.16. The van der Waals surface area contributed by atoms with Gasteiger partial charge in [-0.05, 0) is 44.2 Å². The van der Waals surface area contributed by atoms with E-state index in [-0.39, 0.29) is 5.91 Å². The molecule has 0 N–H and O–H groups in total. The number of hydrogen-bond donors (Lipinski definition) is 0. The second kappa shape index (κ2) is 6.24. The molecule has 18 heavy (non-hydrogen) atoms. The molecule has 98 valence electrons. The van der Waals surface area contributed by atoms with E-state index in [0.717, 1.165) is 43.8 Å². The van der Waals surface area contributed by atoms with Gasteiger partial charge in [0.25, 0.3) is 5.91 Å². The van der Waals surface area contributed by atoms with Crippen molar-refractivity contribution in [2.75, 3.05) is 19.0 Å². The highest BCUT2D eigenvalue weighted by molar-refractivity contribution is 6.17. The number of benzene rings is 1. The number of amides is 1. The zero-order valence-corrected chi connectivity index (χ0v) is 11.6. The molecule has 1 fully saturated rings. The van der Waals surface area contributed by atoms with E-state index in [0.29, 0.717) is 5.92 Å². The Morgan fingerprint density at radius 1 is 1.28 bits per heavy atom. The molecule has 2 rings (SSSR count). The predicted octanol–water partition coefficient (Wildman–Crippen LogP) is 3.48. The number of piperidine rings is 1. The smallest absolute Gasteiger partial charge is 0.253 e. The van der Waals surface area contributed by atoms with Crippen LogP contribution in [-0.2, 0) is 0 Å². The lowest BCUT2D eigenvalue weighted by Crippen LogP contribution is -2.38. The van der Waals surface area contributed by atoms with E-state index < -0.39 is 0 Å². The predicted molar refractivity (Wildman–Crippen MR) is 75.1 cm³/mol. The van der Waals surface area contributed by atoms with E-state index in [4.69, 9.17) is 11.6 Å². The minimum Gasteiger partial charge on any atom is -0.339 e. The molecule has 1 aromatic carbocycles. The highest BCUT2D eigenvalue weighted by atomic mass is 35.5. The Hall–Kier alpha value is -1.02. The van der Waals surface area contributed by atoms with Gasteiger partial charge in [0.2, 0.25) is 0 Å². The van der Waals surface area contributed by atoms with Crippen LogP contribution in [0.25, 0.3) is 0 Å². The summed E-state index contributed by atoms with van der Waals surface area (Å²) in [4.78, 5) is 14.2. The normalized spacial score (nSPS) is 16.9. The lowest BCUT2D eigenvalue weighted by Gasteiger charge is -2.31. The van der Waals surface area contributed by atoms with Gasteiger partial charge in [-0.15, -0.1) is 11.6 Å². The van der Waals surface area contributed by atoms with Crippen molar-refractivity contribution in [2.45, 2.75) is 26.2 Å². The topological polar surface area (TPSA) is 20.3 Å². The van der Waals surface area contributed by atoms with E-state index >= 15 is 0 Å². The first-order chi connectivity index (χ1) is 8.70. The van der Waals surface area contributed by atoms with Crippen LogP contribution in [0.5, 0.6) is 0 Å². The van der Waals surface area contributed by atoms with Crippen molar-refractivity contribution in [3.63, 3.8) is 0 Å². The summed E-state index contributed by atoms with van der Waals surface area (Å²) in [6.45, 7) is 3.77. The summed E-state index contributed by atoms with van der Waals surface area (Å²) in [5, 5.41) is 0. The third-order valence-electron chi connectivity index (χ3n) is 3.72. The van der Waals surface area contributed by atoms with Gasteiger partial charge in [0.05, 0.1) is 0 Å². The summed E-state index contributed by atoms with van der Waals surface area (Å²) < 4.78 is 0. The Kier molecular flexibility index (Phi) is 4.65. The summed E-state index contributed by atoms with van der Waals surface area (Å²) in [6, 6.07) is 7.83. The molecule has 0 aliphatic carbocycles. The van der Waals surface area contributed by atoms with E-state index in [1.807, 2.05) is 36.1 Å². The molecule has 1 aromatic rings. The molecule has 1 aliphatic heterocycles. The van der Waals surface area contributed by atoms with Crippen molar-refractivity contribution in [1.82, 2.24) is 4.90 Å². The average Bonchev–Trinajstić information content (AvgIpc) is 2.40. The number of rotatable bonds is 3. The Morgan fingerprint density at radius 2 is 1.89 bits per heavy atom. The summed E-state index contributed by atoms with van der Waals surface area (Å²) >= 11 is 5.76. The summed E-state index contributed by atoms with van der Waals surface area (Å²) in [5.74, 6) is 1.60. The van der Waals surface area contributed by atoms with Crippen LogP contribution in [0.4, 0.5) is 0 Å². The summed E-state index contributed by atoms with van der Waals surface area (Å²) in [7, 11) is 0. The molecular formula is C15H20ClNO. The summed E-state index contributed by atoms with van der Waals surface area (Å²) in [6.07, 6.45) is 3.25. The number of halogens is 1. The van der Waals surface area contributed by atoms with Crippen molar-refractivity contribution < 1.29 is 4.79 Å². The van der Waals surface area contributed by atoms with Gasteiger partial charge in [-0.25, -0.2) is 0 Å². The quantitative estimate of drug-likeness (QED) is 0.767. The van der Waals surface area contributed by atoms with Crippen LogP contribution in [0.3, 0.4) is 0 Å². The third-order valence-corrected chi connectivity index (χ3v) is 3.94. The largest absolute Gasteiger partial charge is 0.339 e. The molecule has 1 saturated heterocycles. The molecule has 0 radical (unpaired) electrons. The van der Waals surface area contributed by atoms with Crippen LogP contribution in [0.1, 0.15) is 35.2 Å². The molecule has 1 amide bonds. The maximum Gasteiger partial charge on any atom is 0.253 e. The first-order valence-electron chi connectivity index (χ1n) is 6.62. The van der Waals surface area contributed by atoms with Crippen molar-refractivity contribution in [1.29, 1.82) is 0 Å². The van der Waals surface area contributed by atoms with Crippen LogP contribution < -0.4 is 0 Å². The number of likely N-dealkylation sites (tertiary alicyclic amines) is 1. The zero-order valence-electron chi connectivity index (χ0n) is 10.9. The maximum atomic E-state index is 12.3. The monoisotopic (exact) mass is 265 g/mol. The number of hydrogen-bond acceptors (Lipinski definition) is 1. The van der Waals surface area contributed by atoms with Crippen molar-refractivity contribution >= 4 is 17.5 Å². The molecule has 0 saturated carbocycles. The highest BCUT2D eigenvalue weighted by Crippen LogP contribution is 2.22. The molecule has 1 heterocycles. The van der Waals surface area contributed by atoms with E-state index in [2.05, 4.69) is 0 Å². The standard InChI is InChI=1S/C15H20ClNO/c1-12-2-4-14(5-3-12)15(18)17-10-7-13(6-9-16)8-11-17/h2-5,13H,6-11H2,1H3. The van der Waals surface area contributed by atoms with Crippen LogP contribution >= 0.6 is 11.6 Å². The van der Waals surface area contributed by atoms with Crippen molar-refractivity contribution in [3.05, 3.63) is 35.4 Å². The number of nitrogens with zero attached hydrogens (tertiary/aromatic N) is 1. The first kappa shape index (κ1) is 13.4. The fourth-order valence-corrected chi connectivity index (χ4v) is 2.77. The van der Waals surface area contributed by atoms with Crippen molar-refractivity contribution in [2.24, 2.45) is 5.92 Å². The molecule has 0 bridgehead atoms. The second-order valence-corrected chi connectivity index (χ2v) is 5.46. The van der Waals surface area contributed by atoms with Crippen LogP contribution in [0.2, 0.25) is 0 Å². The Labute approximate surface area is 114 Å². The SMILES string of the molecule is Cc1ccc(C(=O)N2CCC(CCCl)CC2)cc1. The fraction of sp³-hybridized carbons (Fsp3) is 0.533. The maximum absolute atomic E-state index is 12.3. The van der Waals surface area contributed by atoms with Gasteiger partial charge in [0.1, 0.15) is 0 Å². The lowest BCUT2D eigenvalue weighted by molar-refractivity contribution is 0.0689. The Morgan fingerprint density at radius 3 is 2.44 bits per heavy atom. The van der Waals surface area contributed by atoms with Crippen LogP contribution in [0.15, 0.2) is 24.3 Å². The van der Waals surface area contributed by atoms with Gasteiger partial charge in [-0.2, -0.15) is 0 Å². The molecule has 0 aromatic heterocycles. The van der Waals surface area contributed by atoms with E-state index in [9.17, 15) is 4.79 Å². The van der Waals surface area contributed by atoms with E-state index in [1.165, 1.54) is 5.56 Å². The van der Waals surface area contributed by atoms with Gasteiger partial charge in [-0.1, -0.05) is 17.7 Å². The number of aryl methyl sites for hydroxylation is 1. The molecule has 0 spiro atoms. The Bertz CT molecular complexity index is 393. The number of carbonyl (C=O) groups excluding carboxylic acids is 1. The van der Waals surface area contributed by atoms with Crippen molar-refractivity contribution in [3.8, 4) is 0 Å². The second-order valence-electron chi connectivity index (χ2n) is 5.08. The minimum absolute atomic E-state index is 0.166. The van der Waals surface area contributed by atoms with E-state index in [1.54, 1.807) is 0 Å². The number of carbonyl (C=O) groups is 1. The number of alkyl halides is 1. The average molecular weight is 266 g/mol. The summed E-state index contributed by atoms with van der Waals surface area (Å²) in [5.41, 5.74) is 1.99. The van der Waals surface area contributed by atoms with Gasteiger partial charge >= 0.3 is 0 Å². The zero-order chi connectivity index (χ0) is 13.0. The van der Waals surface area contributed by atoms with Crippen LogP contribution in [-0.4, -0.2) is 29.8 Å². The molecule has 3 heteroatoms. The van der Waals surface area contributed by atoms with Crippen LogP contribution in [0, 0.1) is 12.8 Å². The lowest BCUT2D eigenvalue weighted by atomic mass is 9.94. The van der Waals surface area contributed by atoms with Gasteiger partial charge < -0.3 is 4.90 Å². The van der Waals surface area contributed by atoms with Gasteiger partial charge in [0, 0.05) is 24.5 Å². The highest BCUT2D eigenvalue weighted by Gasteiger charge is 2.22. The Balaban J connectivity index is 1.93. The molecule has 1 aliphatic rings. The third kappa shape index (κ3) is 3.26. The molecule has 0 atom stereocenters. The molecule has 0 unspecified atom stereocenters. The van der Waals surface area contributed by atoms with Gasteiger partial charge in [-0.3, -0.25) is 4.79 Å². The van der Waals surface area contributed by atoms with Gasteiger partial charge in [0.15, 0.2) is 0 Å². The minimum atomic E-state index is 0.166.